The van der Waals surface area contributed by atoms with E-state index in [4.69, 9.17) is 4.74 Å². The van der Waals surface area contributed by atoms with E-state index >= 15 is 0 Å². The normalized spacial score (nSPS) is 10.8. The Kier molecular flexibility index (Phi) is 7.02. The van der Waals surface area contributed by atoms with Crippen LogP contribution in [0.3, 0.4) is 0 Å². The number of aromatic hydroxyl groups is 2. The highest BCUT2D eigenvalue weighted by Gasteiger charge is 2.18. The van der Waals surface area contributed by atoms with Crippen molar-refractivity contribution in [3.63, 3.8) is 0 Å². The fourth-order valence-electron chi connectivity index (χ4n) is 2.78. The number of carbonyl (C=O) groups is 1. The van der Waals surface area contributed by atoms with Gasteiger partial charge in [-0.25, -0.2) is 4.39 Å². The molecule has 0 atom stereocenters. The van der Waals surface area contributed by atoms with Crippen LogP contribution in [0.25, 0.3) is 6.08 Å². The molecular weight excluding hydrogens is 419 g/mol. The summed E-state index contributed by atoms with van der Waals surface area (Å²) in [7, 11) is 0. The Labute approximate surface area is 182 Å². The summed E-state index contributed by atoms with van der Waals surface area (Å²) in [5.74, 6) is -1.67. The minimum atomic E-state index is -0.835. The molecule has 0 fully saturated rings. The molecule has 0 heterocycles. The number of nitrogens with one attached hydrogen (secondary N) is 1. The molecule has 0 aliphatic heterocycles. The molecule has 1 amide bonds. The van der Waals surface area contributed by atoms with E-state index in [1.54, 1.807) is 36.4 Å². The summed E-state index contributed by atoms with van der Waals surface area (Å²) in [6.45, 7) is 0.456. The maximum atomic E-state index is 13.2. The van der Waals surface area contributed by atoms with E-state index in [0.29, 0.717) is 11.3 Å². The summed E-state index contributed by atoms with van der Waals surface area (Å²) in [6.07, 6.45) is 2.44. The molecule has 0 radical (unpaired) electrons. The number of rotatable bonds is 8. The number of ether oxygens (including phenoxy) is 1. The Morgan fingerprint density at radius 1 is 1.09 bits per heavy atom. The number of phenols is 2. The van der Waals surface area contributed by atoms with Gasteiger partial charge in [-0.05, 0) is 53.1 Å². The van der Waals surface area contributed by atoms with Crippen molar-refractivity contribution in [3.8, 4) is 17.2 Å². The highest BCUT2D eigenvalue weighted by molar-refractivity contribution is 5.91. The minimum Gasteiger partial charge on any atom is -0.504 e. The maximum Gasteiger partial charge on any atom is 0.315 e. The molecular formula is C23H19FN2O6. The second-order valence-corrected chi connectivity index (χ2v) is 6.78. The lowest BCUT2D eigenvalue weighted by atomic mass is 10.1. The molecule has 0 aromatic heterocycles. The topological polar surface area (TPSA) is 122 Å². The van der Waals surface area contributed by atoms with E-state index in [9.17, 15) is 29.5 Å². The van der Waals surface area contributed by atoms with E-state index in [2.05, 4.69) is 5.32 Å². The van der Waals surface area contributed by atoms with Gasteiger partial charge in [-0.2, -0.15) is 0 Å². The molecule has 32 heavy (non-hydrogen) atoms. The third-order valence-corrected chi connectivity index (χ3v) is 4.40. The summed E-state index contributed by atoms with van der Waals surface area (Å²) in [5, 5.41) is 32.6. The van der Waals surface area contributed by atoms with Gasteiger partial charge >= 0.3 is 5.69 Å². The zero-order valence-corrected chi connectivity index (χ0v) is 16.7. The van der Waals surface area contributed by atoms with Crippen molar-refractivity contribution in [2.75, 3.05) is 0 Å². The average Bonchev–Trinajstić information content (AvgIpc) is 2.77. The van der Waals surface area contributed by atoms with Gasteiger partial charge < -0.3 is 20.3 Å². The van der Waals surface area contributed by atoms with Crippen LogP contribution >= 0.6 is 0 Å². The predicted octanol–water partition coefficient (Wildman–Crippen LogP) is 4.05. The summed E-state index contributed by atoms with van der Waals surface area (Å²) >= 11 is 0. The number of nitrogens with zero attached hydrogens (tertiary/aromatic N) is 1. The van der Waals surface area contributed by atoms with E-state index in [1.807, 2.05) is 0 Å². The van der Waals surface area contributed by atoms with Crippen LogP contribution in [0.4, 0.5) is 10.1 Å². The second kappa shape index (κ2) is 10.1. The van der Waals surface area contributed by atoms with Crippen LogP contribution in [0.2, 0.25) is 0 Å². The highest BCUT2D eigenvalue weighted by atomic mass is 19.1. The van der Waals surface area contributed by atoms with Crippen molar-refractivity contribution in [1.29, 1.82) is 0 Å². The molecule has 3 rings (SSSR count). The number of nitro groups is 1. The van der Waals surface area contributed by atoms with Crippen molar-refractivity contribution < 1.29 is 29.1 Å². The maximum absolute atomic E-state index is 13.2. The van der Waals surface area contributed by atoms with Gasteiger partial charge in [0.2, 0.25) is 11.7 Å². The zero-order valence-electron chi connectivity index (χ0n) is 16.7. The largest absolute Gasteiger partial charge is 0.504 e. The predicted molar refractivity (Wildman–Crippen MR) is 114 cm³/mol. The number of halogens is 1. The SMILES string of the molecule is O=C(/C=C/c1cc(O)c(O)c([N+](=O)[O-])c1)NCc1ccc(OCc2cccc(F)c2)cc1. The molecule has 3 aromatic carbocycles. The van der Waals surface area contributed by atoms with E-state index in [1.165, 1.54) is 18.2 Å². The molecule has 3 N–H and O–H groups in total. The lowest BCUT2D eigenvalue weighted by molar-refractivity contribution is -0.386. The molecule has 0 aliphatic rings. The van der Waals surface area contributed by atoms with Crippen molar-refractivity contribution in [2.24, 2.45) is 0 Å². The van der Waals surface area contributed by atoms with Gasteiger partial charge in [0.25, 0.3) is 0 Å². The summed E-state index contributed by atoms with van der Waals surface area (Å²) in [5.41, 5.74) is 1.04. The Bertz CT molecular complexity index is 1160. The van der Waals surface area contributed by atoms with Gasteiger partial charge in [0.05, 0.1) is 4.92 Å². The molecule has 164 valence electrons. The van der Waals surface area contributed by atoms with Crippen LogP contribution in [-0.2, 0) is 17.9 Å². The third kappa shape index (κ3) is 6.05. The number of hydrogen-bond acceptors (Lipinski definition) is 6. The van der Waals surface area contributed by atoms with Crippen LogP contribution in [0.1, 0.15) is 16.7 Å². The number of nitro benzene ring substituents is 1. The third-order valence-electron chi connectivity index (χ3n) is 4.40. The summed E-state index contributed by atoms with van der Waals surface area (Å²) in [4.78, 5) is 22.1. The number of amides is 1. The number of carbonyl (C=O) groups excluding carboxylic acids is 1. The monoisotopic (exact) mass is 438 g/mol. The first-order chi connectivity index (χ1) is 15.3. The van der Waals surface area contributed by atoms with Crippen LogP contribution in [0, 0.1) is 15.9 Å². The average molecular weight is 438 g/mol. The van der Waals surface area contributed by atoms with Crippen molar-refractivity contribution in [3.05, 3.63) is 99.4 Å². The van der Waals surface area contributed by atoms with Gasteiger partial charge in [0.15, 0.2) is 5.75 Å². The molecule has 9 heteroatoms. The van der Waals surface area contributed by atoms with Crippen LogP contribution < -0.4 is 10.1 Å². The Balaban J connectivity index is 1.52. The molecule has 0 aliphatic carbocycles. The van der Waals surface area contributed by atoms with Crippen molar-refractivity contribution >= 4 is 17.7 Å². The Hall–Kier alpha value is -4.40. The smallest absolute Gasteiger partial charge is 0.315 e. The first-order valence-electron chi connectivity index (χ1n) is 9.44. The second-order valence-electron chi connectivity index (χ2n) is 6.78. The van der Waals surface area contributed by atoms with Crippen molar-refractivity contribution in [2.45, 2.75) is 13.2 Å². The first-order valence-corrected chi connectivity index (χ1v) is 9.44. The van der Waals surface area contributed by atoms with E-state index in [0.717, 1.165) is 23.8 Å². The van der Waals surface area contributed by atoms with E-state index < -0.39 is 28.0 Å². The standard InChI is InChI=1S/C23H19FN2O6/c24-18-3-1-2-17(10-18)14-32-19-7-4-15(5-8-19)13-25-22(28)9-6-16-11-20(26(30)31)23(29)21(27)12-16/h1-12,27,29H,13-14H2,(H,25,28)/b9-6+. The number of benzene rings is 3. The quantitative estimate of drug-likeness (QED) is 0.211. The van der Waals surface area contributed by atoms with Crippen LogP contribution in [-0.4, -0.2) is 21.0 Å². The van der Waals surface area contributed by atoms with E-state index in [-0.39, 0.29) is 24.5 Å². The molecule has 3 aromatic rings. The highest BCUT2D eigenvalue weighted by Crippen LogP contribution is 2.36. The lowest BCUT2D eigenvalue weighted by Gasteiger charge is -2.08. The molecule has 0 saturated carbocycles. The van der Waals surface area contributed by atoms with Gasteiger partial charge in [-0.3, -0.25) is 14.9 Å². The first kappa shape index (κ1) is 22.3. The van der Waals surface area contributed by atoms with Gasteiger partial charge in [0.1, 0.15) is 18.2 Å². The molecule has 8 nitrogen and oxygen atoms in total. The minimum absolute atomic E-state index is 0.182. The van der Waals surface area contributed by atoms with Gasteiger partial charge in [0, 0.05) is 18.7 Å². The summed E-state index contributed by atoms with van der Waals surface area (Å²) in [6, 6.07) is 15.3. The van der Waals surface area contributed by atoms with Crippen molar-refractivity contribution in [1.82, 2.24) is 5.32 Å². The molecule has 0 bridgehead atoms. The van der Waals surface area contributed by atoms with Gasteiger partial charge in [-0.1, -0.05) is 24.3 Å². The lowest BCUT2D eigenvalue weighted by Crippen LogP contribution is -2.20. The Morgan fingerprint density at radius 2 is 1.84 bits per heavy atom. The van der Waals surface area contributed by atoms with Gasteiger partial charge in [-0.15, -0.1) is 0 Å². The number of hydrogen-bond donors (Lipinski definition) is 3. The fraction of sp³-hybridized carbons (Fsp3) is 0.0870. The fourth-order valence-corrected chi connectivity index (χ4v) is 2.78. The number of phenolic OH excluding ortho intramolecular Hbond substituents is 2. The van der Waals surface area contributed by atoms with Crippen LogP contribution in [0.15, 0.2) is 66.7 Å². The summed E-state index contributed by atoms with van der Waals surface area (Å²) < 4.78 is 18.8. The zero-order chi connectivity index (χ0) is 23.1. The molecule has 0 spiro atoms. The molecule has 0 unspecified atom stereocenters. The molecule has 0 saturated heterocycles. The van der Waals surface area contributed by atoms with Crippen LogP contribution in [0.5, 0.6) is 17.2 Å². The Morgan fingerprint density at radius 3 is 2.53 bits per heavy atom.